The molecule has 0 radical (unpaired) electrons. The van der Waals surface area contributed by atoms with Gasteiger partial charge in [0.15, 0.2) is 17.3 Å². The molecule has 0 aliphatic heterocycles. The maximum atomic E-state index is 12.4. The van der Waals surface area contributed by atoms with E-state index in [0.29, 0.717) is 28.6 Å². The normalized spacial score (nSPS) is 11.0. The van der Waals surface area contributed by atoms with Crippen LogP contribution in [-0.4, -0.2) is 33.1 Å². The summed E-state index contributed by atoms with van der Waals surface area (Å²) in [5.74, 6) is 0.784. The van der Waals surface area contributed by atoms with Crippen LogP contribution in [0.3, 0.4) is 0 Å². The predicted molar refractivity (Wildman–Crippen MR) is 338 cm³/mol. The Morgan fingerprint density at radius 2 is 0.600 bits per heavy atom. The number of hydrogen-bond acceptors (Lipinski definition) is 6. The van der Waals surface area contributed by atoms with Gasteiger partial charge in [0.25, 0.3) is 0 Å². The minimum Gasteiger partial charge on any atom is -0.496 e. The molecule has 0 spiro atoms. The first kappa shape index (κ1) is 57.7. The smallest absolute Gasteiger partial charge is 0.347 e. The number of fused-ring (bicyclic) bond motifs is 12. The number of carbonyl (C=O) groups is 2. The van der Waals surface area contributed by atoms with Gasteiger partial charge in [0.05, 0.1) is 21.3 Å². The van der Waals surface area contributed by atoms with Gasteiger partial charge in [-0.15, -0.1) is 0 Å². The fraction of sp³-hybridized carbons (Fsp3) is 0.243. The zero-order valence-electron chi connectivity index (χ0n) is 49.9. The molecule has 0 N–H and O–H groups in total. The van der Waals surface area contributed by atoms with E-state index in [1.165, 1.54) is 171 Å². The molecule has 0 saturated carbocycles. The van der Waals surface area contributed by atoms with Crippen molar-refractivity contribution in [3.05, 3.63) is 223 Å². The lowest BCUT2D eigenvalue weighted by Crippen LogP contribution is -2.11. The molecule has 0 bridgehead atoms. The van der Waals surface area contributed by atoms with Gasteiger partial charge in [-0.3, -0.25) is 4.79 Å². The molecule has 0 aromatic heterocycles. The Bertz CT molecular complexity index is 3460. The van der Waals surface area contributed by atoms with Gasteiger partial charge in [-0.25, -0.2) is 4.79 Å². The quantitative estimate of drug-likeness (QED) is 0.0685. The topological polar surface area (TPSA) is 71.1 Å². The zero-order chi connectivity index (χ0) is 57.9. The number of benzene rings is 11. The molecule has 6 nitrogen and oxygen atoms in total. The van der Waals surface area contributed by atoms with Crippen molar-refractivity contribution in [3.63, 3.8) is 0 Å². The third kappa shape index (κ3) is 11.9. The van der Waals surface area contributed by atoms with E-state index in [9.17, 15) is 9.59 Å². The summed E-state index contributed by atoms with van der Waals surface area (Å²) in [6.07, 6.45) is 1.14. The van der Waals surface area contributed by atoms with Crippen LogP contribution in [0.25, 0.3) is 64.6 Å². The highest BCUT2D eigenvalue weighted by atomic mass is 16.5. The third-order valence-electron chi connectivity index (χ3n) is 16.2. The standard InChI is InChI=1S/2C24H24.C18H18O6.C8H10/c2*1-13-7-19-20(8-14(13)2)22-10-16(4)18(6)12-24(22)23-11-17(5)15(3)9-21(19)23;1-11(19)12-5-7-13(8-6-12)24-18(20)14-9-16(22-3)17(23-4)10-15(14)21-2;1-2-8-6-4-3-5-7-8/h2*7-12H,1-6H3;5-10H,1-4H3;3-7H,2H2,1H3. The van der Waals surface area contributed by atoms with Crippen molar-refractivity contribution in [1.29, 1.82) is 0 Å². The summed E-state index contributed by atoms with van der Waals surface area (Å²) < 4.78 is 20.9. The second-order valence-corrected chi connectivity index (χ2v) is 21.6. The van der Waals surface area contributed by atoms with E-state index < -0.39 is 5.97 Å². The van der Waals surface area contributed by atoms with Gasteiger partial charge in [0.2, 0.25) is 0 Å². The number of ether oxygens (including phenoxy) is 4. The Labute approximate surface area is 473 Å². The fourth-order valence-electron chi connectivity index (χ4n) is 10.4. The van der Waals surface area contributed by atoms with Crippen LogP contribution >= 0.6 is 0 Å². The molecular weight excluding hydrogens is 985 g/mol. The van der Waals surface area contributed by atoms with Crippen molar-refractivity contribution in [3.8, 4) is 23.0 Å². The molecule has 0 atom stereocenters. The summed E-state index contributed by atoms with van der Waals surface area (Å²) in [5.41, 5.74) is 18.5. The Morgan fingerprint density at radius 1 is 0.338 bits per heavy atom. The number of methoxy groups -OCH3 is 3. The summed E-state index contributed by atoms with van der Waals surface area (Å²) >= 11 is 0. The van der Waals surface area contributed by atoms with Gasteiger partial charge in [-0.2, -0.15) is 0 Å². The van der Waals surface area contributed by atoms with Crippen molar-refractivity contribution >= 4 is 76.4 Å². The molecule has 0 saturated heterocycles. The minimum absolute atomic E-state index is 0.0607. The number of Topliss-reactive ketones (excluding diaryl/α,β-unsaturated/α-hetero) is 1. The highest BCUT2D eigenvalue weighted by Crippen LogP contribution is 2.41. The van der Waals surface area contributed by atoms with E-state index in [0.717, 1.165) is 6.42 Å². The zero-order valence-corrected chi connectivity index (χ0v) is 49.9. The molecule has 0 amide bonds. The second kappa shape index (κ2) is 24.3. The van der Waals surface area contributed by atoms with Crippen LogP contribution in [0.15, 0.2) is 140 Å². The molecule has 80 heavy (non-hydrogen) atoms. The molecule has 0 heterocycles. The van der Waals surface area contributed by atoms with Crippen molar-refractivity contribution in [1.82, 2.24) is 0 Å². The SMILES string of the molecule is CCc1ccccc1.COc1cc(OC)c(C(=O)Oc2ccc(C(C)=O)cc2)cc1OC.Cc1cc2c3cc(C)c(C)cc3c3cc(C)c(C)cc3c2cc1C.Cc1cc2c3cc(C)c(C)cc3c3cc(C)c(C)cc3c2cc1C. The molecule has 0 unspecified atom stereocenters. The molecule has 11 aromatic carbocycles. The molecule has 0 aliphatic carbocycles. The van der Waals surface area contributed by atoms with Crippen LogP contribution in [0.1, 0.15) is 107 Å². The maximum Gasteiger partial charge on any atom is 0.347 e. The monoisotopic (exact) mass is 1060 g/mol. The van der Waals surface area contributed by atoms with E-state index in [4.69, 9.17) is 18.9 Å². The summed E-state index contributed by atoms with van der Waals surface area (Å²) in [6, 6.07) is 48.3. The first-order valence-corrected chi connectivity index (χ1v) is 27.5. The lowest BCUT2D eigenvalue weighted by Gasteiger charge is -2.16. The van der Waals surface area contributed by atoms with Gasteiger partial charge in [-0.1, -0.05) is 110 Å². The van der Waals surface area contributed by atoms with E-state index in [-0.39, 0.29) is 11.3 Å². The first-order chi connectivity index (χ1) is 38.2. The Hall–Kier alpha value is -8.48. The van der Waals surface area contributed by atoms with Crippen LogP contribution in [0, 0.1) is 83.1 Å². The number of aryl methyl sites for hydroxylation is 13. The number of rotatable bonds is 7. The second-order valence-electron chi connectivity index (χ2n) is 21.6. The summed E-state index contributed by atoms with van der Waals surface area (Å²) in [5, 5.41) is 16.6. The lowest BCUT2D eigenvalue weighted by molar-refractivity contribution is 0.0730. The highest BCUT2D eigenvalue weighted by molar-refractivity contribution is 6.27. The lowest BCUT2D eigenvalue weighted by atomic mass is 9.88. The minimum atomic E-state index is -0.608. The Balaban J connectivity index is 0.000000147. The summed E-state index contributed by atoms with van der Waals surface area (Å²) in [4.78, 5) is 23.7. The van der Waals surface area contributed by atoms with Crippen LogP contribution in [0.2, 0.25) is 0 Å². The number of esters is 1. The van der Waals surface area contributed by atoms with Crippen molar-refractivity contribution in [2.75, 3.05) is 21.3 Å². The first-order valence-electron chi connectivity index (χ1n) is 27.5. The van der Waals surface area contributed by atoms with Gasteiger partial charge in [-0.05, 0) is 258 Å². The van der Waals surface area contributed by atoms with E-state index in [1.807, 2.05) is 6.07 Å². The van der Waals surface area contributed by atoms with Crippen molar-refractivity contribution in [2.45, 2.75) is 103 Å². The van der Waals surface area contributed by atoms with Crippen molar-refractivity contribution in [2.24, 2.45) is 0 Å². The van der Waals surface area contributed by atoms with Crippen LogP contribution in [-0.2, 0) is 6.42 Å². The van der Waals surface area contributed by atoms with E-state index >= 15 is 0 Å². The van der Waals surface area contributed by atoms with Crippen LogP contribution in [0.5, 0.6) is 23.0 Å². The van der Waals surface area contributed by atoms with E-state index in [2.05, 4.69) is 187 Å². The molecule has 11 aromatic rings. The number of carbonyl (C=O) groups excluding carboxylic acids is 2. The van der Waals surface area contributed by atoms with Crippen molar-refractivity contribution < 1.29 is 28.5 Å². The van der Waals surface area contributed by atoms with Crippen LogP contribution < -0.4 is 18.9 Å². The Kier molecular flexibility index (Phi) is 17.5. The predicted octanol–water partition coefficient (Wildman–Crippen LogP) is 19.4. The molecule has 11 rings (SSSR count). The maximum absolute atomic E-state index is 12.4. The molecule has 0 fully saturated rings. The molecular formula is C74H76O6. The van der Waals surface area contributed by atoms with Crippen LogP contribution in [0.4, 0.5) is 0 Å². The number of ketones is 1. The summed E-state index contributed by atoms with van der Waals surface area (Å²) in [6.45, 7) is 30.2. The Morgan fingerprint density at radius 3 is 0.825 bits per heavy atom. The highest BCUT2D eigenvalue weighted by Gasteiger charge is 2.20. The van der Waals surface area contributed by atoms with Gasteiger partial charge < -0.3 is 18.9 Å². The van der Waals surface area contributed by atoms with Gasteiger partial charge >= 0.3 is 5.97 Å². The number of hydrogen-bond donors (Lipinski definition) is 0. The average Bonchev–Trinajstić information content (AvgIpc) is 3.60. The molecule has 0 aliphatic rings. The van der Waals surface area contributed by atoms with Gasteiger partial charge in [0, 0.05) is 17.7 Å². The molecule has 408 valence electrons. The largest absolute Gasteiger partial charge is 0.496 e. The fourth-order valence-corrected chi connectivity index (χ4v) is 10.4. The summed E-state index contributed by atoms with van der Waals surface area (Å²) in [7, 11) is 4.41. The van der Waals surface area contributed by atoms with E-state index in [1.54, 1.807) is 30.3 Å². The average molecular weight is 1060 g/mol. The van der Waals surface area contributed by atoms with Gasteiger partial charge in [0.1, 0.15) is 17.1 Å². The third-order valence-corrected chi connectivity index (χ3v) is 16.2. The molecule has 6 heteroatoms.